The van der Waals surface area contributed by atoms with Gasteiger partial charge in [0.2, 0.25) is 0 Å². The summed E-state index contributed by atoms with van der Waals surface area (Å²) in [4.78, 5) is 23.5. The molecule has 2 atom stereocenters. The van der Waals surface area contributed by atoms with Crippen LogP contribution in [0.4, 0.5) is 0 Å². The van der Waals surface area contributed by atoms with Gasteiger partial charge >= 0.3 is 11.9 Å². The van der Waals surface area contributed by atoms with Crippen molar-refractivity contribution >= 4 is 17.5 Å². The number of rotatable bonds is 3. The van der Waals surface area contributed by atoms with E-state index in [0.29, 0.717) is 25.7 Å². The second-order valence-electron chi connectivity index (χ2n) is 6.42. The van der Waals surface area contributed by atoms with Crippen molar-refractivity contribution in [2.75, 3.05) is 7.11 Å². The number of carboxylic acids is 2. The van der Waals surface area contributed by atoms with Gasteiger partial charge in [0, 0.05) is 0 Å². The minimum Gasteiger partial charge on any atom is -0.497 e. The van der Waals surface area contributed by atoms with Crippen molar-refractivity contribution in [2.24, 2.45) is 11.3 Å². The first-order valence-electron chi connectivity index (χ1n) is 7.75. The predicted molar refractivity (Wildman–Crippen MR) is 84.3 cm³/mol. The molecule has 1 aromatic rings. The van der Waals surface area contributed by atoms with Gasteiger partial charge in [-0.05, 0) is 67.0 Å². The van der Waals surface area contributed by atoms with Gasteiger partial charge in [-0.1, -0.05) is 6.07 Å². The quantitative estimate of drug-likeness (QED) is 0.895. The highest BCUT2D eigenvalue weighted by molar-refractivity contribution is 5.91. The zero-order valence-electron chi connectivity index (χ0n) is 13.3. The maximum Gasteiger partial charge on any atom is 0.314 e. The molecule has 1 aromatic carbocycles. The fourth-order valence-electron chi connectivity index (χ4n) is 4.07. The summed E-state index contributed by atoms with van der Waals surface area (Å²) >= 11 is 0. The normalized spacial score (nSPS) is 26.3. The molecule has 0 saturated heterocycles. The molecule has 3 rings (SSSR count). The molecule has 23 heavy (non-hydrogen) atoms. The number of hydrogen-bond acceptors (Lipinski definition) is 3. The molecule has 2 N–H and O–H groups in total. The maximum absolute atomic E-state index is 11.9. The summed E-state index contributed by atoms with van der Waals surface area (Å²) < 4.78 is 5.26. The molecule has 2 aliphatic rings. The van der Waals surface area contributed by atoms with Gasteiger partial charge < -0.3 is 14.9 Å². The number of benzene rings is 1. The average molecular weight is 316 g/mol. The van der Waals surface area contributed by atoms with Crippen LogP contribution in [0.15, 0.2) is 23.8 Å². The smallest absolute Gasteiger partial charge is 0.314 e. The van der Waals surface area contributed by atoms with E-state index in [-0.39, 0.29) is 0 Å². The third kappa shape index (κ3) is 2.22. The fourth-order valence-corrected chi connectivity index (χ4v) is 4.07. The lowest BCUT2D eigenvalue weighted by atomic mass is 9.60. The van der Waals surface area contributed by atoms with E-state index in [1.165, 1.54) is 0 Å². The molecule has 0 aliphatic heterocycles. The van der Waals surface area contributed by atoms with E-state index in [1.54, 1.807) is 14.0 Å². The Morgan fingerprint density at radius 1 is 1.22 bits per heavy atom. The number of fused-ring (bicyclic) bond motifs is 2. The summed E-state index contributed by atoms with van der Waals surface area (Å²) in [6.07, 6.45) is 2.25. The van der Waals surface area contributed by atoms with Crippen molar-refractivity contribution in [1.29, 1.82) is 0 Å². The molecule has 2 aliphatic carbocycles. The van der Waals surface area contributed by atoms with E-state index < -0.39 is 23.3 Å². The molecular formula is C18H20O5. The summed E-state index contributed by atoms with van der Waals surface area (Å²) in [5.74, 6) is -2.16. The second kappa shape index (κ2) is 5.41. The first-order valence-corrected chi connectivity index (χ1v) is 7.75. The lowest BCUT2D eigenvalue weighted by Gasteiger charge is -2.42. The van der Waals surface area contributed by atoms with Crippen LogP contribution in [0.3, 0.4) is 0 Å². The van der Waals surface area contributed by atoms with Crippen LogP contribution in [0.2, 0.25) is 0 Å². The lowest BCUT2D eigenvalue weighted by molar-refractivity contribution is -0.159. The van der Waals surface area contributed by atoms with Gasteiger partial charge in [-0.3, -0.25) is 9.59 Å². The number of allylic oxidation sites excluding steroid dienone is 1. The summed E-state index contributed by atoms with van der Waals surface area (Å²) in [7, 11) is 1.62. The molecule has 0 radical (unpaired) electrons. The van der Waals surface area contributed by atoms with Crippen molar-refractivity contribution in [3.63, 3.8) is 0 Å². The van der Waals surface area contributed by atoms with E-state index in [9.17, 15) is 19.8 Å². The highest BCUT2D eigenvalue weighted by atomic mass is 16.5. The van der Waals surface area contributed by atoms with Crippen LogP contribution in [0.25, 0.3) is 5.57 Å². The van der Waals surface area contributed by atoms with Crippen LogP contribution in [-0.4, -0.2) is 29.3 Å². The third-order valence-corrected chi connectivity index (χ3v) is 5.40. The minimum absolute atomic E-state index is 0.350. The Morgan fingerprint density at radius 3 is 2.57 bits per heavy atom. The predicted octanol–water partition coefficient (Wildman–Crippen LogP) is 2.98. The molecule has 0 spiro atoms. The van der Waals surface area contributed by atoms with Gasteiger partial charge in [0.05, 0.1) is 18.4 Å². The first kappa shape index (κ1) is 15.6. The summed E-state index contributed by atoms with van der Waals surface area (Å²) in [6.45, 7) is 1.57. The molecule has 0 heterocycles. The number of carboxylic acid groups (broad SMARTS) is 2. The molecule has 0 bridgehead atoms. The standard InChI is InChI=1S/C18H20O5/c1-18(17(21)22)14-7-3-10-9-11(23-2)4-5-12(10)13(14)6-8-15(18)16(19)20/h4-5,9,15H,3,6-8H2,1-2H3,(H,19,20)(H,21,22)/t15-,18-/m0/s1. The SMILES string of the molecule is COc1ccc2c(c1)CCC1=C2CC[C@@H](C(=O)O)[C@@]1(C)C(=O)O. The van der Waals surface area contributed by atoms with Gasteiger partial charge in [0.1, 0.15) is 5.75 Å². The van der Waals surface area contributed by atoms with Gasteiger partial charge in [-0.25, -0.2) is 0 Å². The van der Waals surface area contributed by atoms with Crippen LogP contribution >= 0.6 is 0 Å². The number of carbonyl (C=O) groups is 2. The summed E-state index contributed by atoms with van der Waals surface area (Å²) in [5.41, 5.74) is 2.64. The van der Waals surface area contributed by atoms with Crippen molar-refractivity contribution in [1.82, 2.24) is 0 Å². The Morgan fingerprint density at radius 2 is 1.96 bits per heavy atom. The largest absolute Gasteiger partial charge is 0.497 e. The number of hydrogen-bond donors (Lipinski definition) is 2. The molecule has 0 fully saturated rings. The number of aliphatic carboxylic acids is 2. The number of methoxy groups -OCH3 is 1. The molecule has 0 aromatic heterocycles. The number of ether oxygens (including phenoxy) is 1. The van der Waals surface area contributed by atoms with Crippen LogP contribution < -0.4 is 4.74 Å². The summed E-state index contributed by atoms with van der Waals surface area (Å²) in [6, 6.07) is 5.82. The molecule has 5 heteroatoms. The van der Waals surface area contributed by atoms with Crippen molar-refractivity contribution < 1.29 is 24.5 Å². The Balaban J connectivity index is 2.16. The number of aryl methyl sites for hydroxylation is 1. The van der Waals surface area contributed by atoms with Gasteiger partial charge in [0.15, 0.2) is 0 Å². The van der Waals surface area contributed by atoms with Crippen molar-refractivity contribution in [2.45, 2.75) is 32.6 Å². The Kier molecular flexibility index (Phi) is 3.66. The monoisotopic (exact) mass is 316 g/mol. The van der Waals surface area contributed by atoms with Crippen LogP contribution in [0.1, 0.15) is 37.3 Å². The first-order chi connectivity index (χ1) is 10.9. The lowest BCUT2D eigenvalue weighted by Crippen LogP contribution is -2.45. The van der Waals surface area contributed by atoms with E-state index >= 15 is 0 Å². The van der Waals surface area contributed by atoms with Crippen LogP contribution in [0, 0.1) is 11.3 Å². The molecule has 0 saturated carbocycles. The van der Waals surface area contributed by atoms with Crippen LogP contribution in [-0.2, 0) is 16.0 Å². The minimum atomic E-state index is -1.34. The Bertz CT molecular complexity index is 718. The molecule has 5 nitrogen and oxygen atoms in total. The highest BCUT2D eigenvalue weighted by Gasteiger charge is 2.52. The van der Waals surface area contributed by atoms with Crippen molar-refractivity contribution in [3.8, 4) is 5.75 Å². The second-order valence-corrected chi connectivity index (χ2v) is 6.42. The van der Waals surface area contributed by atoms with Gasteiger partial charge in [-0.15, -0.1) is 0 Å². The van der Waals surface area contributed by atoms with E-state index in [2.05, 4.69) is 0 Å². The molecule has 0 unspecified atom stereocenters. The Labute approximate surface area is 134 Å². The Hall–Kier alpha value is -2.30. The average Bonchev–Trinajstić information content (AvgIpc) is 2.53. The third-order valence-electron chi connectivity index (χ3n) is 5.40. The maximum atomic E-state index is 11.9. The zero-order valence-corrected chi connectivity index (χ0v) is 13.3. The van der Waals surface area contributed by atoms with E-state index in [0.717, 1.165) is 28.0 Å². The molecule has 0 amide bonds. The zero-order chi connectivity index (χ0) is 16.8. The molecule has 122 valence electrons. The van der Waals surface area contributed by atoms with Gasteiger partial charge in [-0.2, -0.15) is 0 Å². The highest BCUT2D eigenvalue weighted by Crippen LogP contribution is 2.52. The topological polar surface area (TPSA) is 83.8 Å². The molecular weight excluding hydrogens is 296 g/mol. The van der Waals surface area contributed by atoms with E-state index in [1.807, 2.05) is 18.2 Å². The van der Waals surface area contributed by atoms with Gasteiger partial charge in [0.25, 0.3) is 0 Å². The van der Waals surface area contributed by atoms with Crippen molar-refractivity contribution in [3.05, 3.63) is 34.9 Å². The fraction of sp³-hybridized carbons (Fsp3) is 0.444. The van der Waals surface area contributed by atoms with Crippen LogP contribution in [0.5, 0.6) is 5.75 Å². The summed E-state index contributed by atoms with van der Waals surface area (Å²) in [5, 5.41) is 19.2. The van der Waals surface area contributed by atoms with E-state index in [4.69, 9.17) is 4.74 Å².